The topological polar surface area (TPSA) is 104 Å². The molecule has 2 N–H and O–H groups in total. The molecule has 1 aliphatic rings. The average Bonchev–Trinajstić information content (AvgIpc) is 2.68. The van der Waals surface area contributed by atoms with Crippen molar-refractivity contribution in [3.8, 4) is 0 Å². The van der Waals surface area contributed by atoms with Gasteiger partial charge < -0.3 is 15.2 Å². The Hall–Kier alpha value is -3.29. The molecule has 0 saturated carbocycles. The van der Waals surface area contributed by atoms with E-state index in [2.05, 4.69) is 30.2 Å². The lowest BCUT2D eigenvalue weighted by molar-refractivity contribution is 0.0926. The van der Waals surface area contributed by atoms with E-state index in [1.54, 1.807) is 30.7 Å². The molecule has 0 radical (unpaired) electrons. The van der Waals surface area contributed by atoms with Crippen LogP contribution in [0.25, 0.3) is 11.0 Å². The quantitative estimate of drug-likeness (QED) is 0.733. The summed E-state index contributed by atoms with van der Waals surface area (Å²) in [4.78, 5) is 42.2. The highest BCUT2D eigenvalue weighted by molar-refractivity contribution is 5.93. The van der Waals surface area contributed by atoms with Gasteiger partial charge in [0.1, 0.15) is 5.82 Å². The van der Waals surface area contributed by atoms with Gasteiger partial charge in [-0.05, 0) is 25.0 Å². The van der Waals surface area contributed by atoms with Gasteiger partial charge in [0.15, 0.2) is 5.69 Å². The number of amides is 1. The van der Waals surface area contributed by atoms with Crippen molar-refractivity contribution >= 4 is 22.8 Å². The molecular weight excluding hydrogens is 332 g/mol. The number of rotatable bonds is 3. The Morgan fingerprint density at radius 2 is 2.15 bits per heavy atom. The number of aromatic nitrogens is 4. The van der Waals surface area contributed by atoms with E-state index in [0.29, 0.717) is 17.6 Å². The molecule has 8 nitrogen and oxygen atoms in total. The number of hydrogen-bond acceptors (Lipinski definition) is 6. The van der Waals surface area contributed by atoms with Gasteiger partial charge >= 0.3 is 0 Å². The van der Waals surface area contributed by atoms with Crippen molar-refractivity contribution in [1.82, 2.24) is 25.3 Å². The van der Waals surface area contributed by atoms with Crippen molar-refractivity contribution < 1.29 is 4.79 Å². The first-order valence-electron chi connectivity index (χ1n) is 8.51. The number of benzene rings is 1. The second-order valence-corrected chi connectivity index (χ2v) is 6.25. The summed E-state index contributed by atoms with van der Waals surface area (Å²) in [5, 5.41) is 2.93. The molecule has 3 heterocycles. The van der Waals surface area contributed by atoms with Gasteiger partial charge in [-0.15, -0.1) is 0 Å². The summed E-state index contributed by atoms with van der Waals surface area (Å²) in [7, 11) is 0. The number of para-hydroxylation sites is 2. The monoisotopic (exact) mass is 350 g/mol. The van der Waals surface area contributed by atoms with Gasteiger partial charge in [0.05, 0.1) is 17.2 Å². The molecule has 0 spiro atoms. The van der Waals surface area contributed by atoms with Gasteiger partial charge in [-0.1, -0.05) is 12.1 Å². The summed E-state index contributed by atoms with van der Waals surface area (Å²) in [5.41, 5.74) is 0.603. The molecule has 3 aromatic rings. The van der Waals surface area contributed by atoms with E-state index >= 15 is 0 Å². The maximum absolute atomic E-state index is 12.6. The van der Waals surface area contributed by atoms with E-state index in [0.717, 1.165) is 25.2 Å². The zero-order valence-corrected chi connectivity index (χ0v) is 14.1. The van der Waals surface area contributed by atoms with E-state index in [9.17, 15) is 9.59 Å². The maximum atomic E-state index is 12.6. The normalized spacial score (nSPS) is 17.2. The van der Waals surface area contributed by atoms with E-state index in [-0.39, 0.29) is 11.7 Å². The van der Waals surface area contributed by atoms with Gasteiger partial charge in [-0.2, -0.15) is 0 Å². The Labute approximate surface area is 149 Å². The SMILES string of the molecule is O=C(NC1CCCN(c2cnccn2)C1)c1nc2ccccc2[nH]c1=O. The van der Waals surface area contributed by atoms with Crippen LogP contribution in [0.3, 0.4) is 0 Å². The second-order valence-electron chi connectivity index (χ2n) is 6.25. The van der Waals surface area contributed by atoms with Crippen molar-refractivity contribution in [1.29, 1.82) is 0 Å². The third kappa shape index (κ3) is 3.26. The first-order chi connectivity index (χ1) is 12.7. The van der Waals surface area contributed by atoms with Crippen LogP contribution < -0.4 is 15.8 Å². The third-order valence-electron chi connectivity index (χ3n) is 4.44. The van der Waals surface area contributed by atoms with E-state index in [1.807, 2.05) is 12.1 Å². The Bertz CT molecular complexity index is 988. The fourth-order valence-corrected chi connectivity index (χ4v) is 3.19. The second kappa shape index (κ2) is 6.91. The van der Waals surface area contributed by atoms with E-state index in [4.69, 9.17) is 0 Å². The Morgan fingerprint density at radius 1 is 1.27 bits per heavy atom. The van der Waals surface area contributed by atoms with Crippen molar-refractivity contribution in [3.63, 3.8) is 0 Å². The number of carbonyl (C=O) groups excluding carboxylic acids is 1. The highest BCUT2D eigenvalue weighted by Gasteiger charge is 2.24. The minimum atomic E-state index is -0.484. The number of hydrogen-bond donors (Lipinski definition) is 2. The Morgan fingerprint density at radius 3 is 3.00 bits per heavy atom. The van der Waals surface area contributed by atoms with Crippen LogP contribution in [0.15, 0.2) is 47.7 Å². The summed E-state index contributed by atoms with van der Waals surface area (Å²) < 4.78 is 0. The number of nitrogens with zero attached hydrogens (tertiary/aromatic N) is 4. The molecule has 1 fully saturated rings. The number of aromatic amines is 1. The molecule has 0 aliphatic carbocycles. The standard InChI is InChI=1S/C18H18N6O2/c25-17(16-18(26)23-14-6-2-1-5-13(14)22-16)21-12-4-3-9-24(11-12)15-10-19-7-8-20-15/h1-2,5-8,10,12H,3-4,9,11H2,(H,21,25)(H,23,26). The summed E-state index contributed by atoms with van der Waals surface area (Å²) in [5.74, 6) is 0.330. The van der Waals surface area contributed by atoms with Crippen LogP contribution in [-0.4, -0.2) is 45.0 Å². The minimum absolute atomic E-state index is 0.0778. The summed E-state index contributed by atoms with van der Waals surface area (Å²) in [6, 6.07) is 7.06. The fraction of sp³-hybridized carbons (Fsp3) is 0.278. The molecule has 132 valence electrons. The van der Waals surface area contributed by atoms with Gasteiger partial charge in [0.25, 0.3) is 11.5 Å². The molecule has 1 unspecified atom stereocenters. The maximum Gasteiger partial charge on any atom is 0.280 e. The van der Waals surface area contributed by atoms with Crippen LogP contribution in [0.5, 0.6) is 0 Å². The molecule has 1 aromatic carbocycles. The third-order valence-corrected chi connectivity index (χ3v) is 4.44. The fourth-order valence-electron chi connectivity index (χ4n) is 3.19. The molecule has 2 aromatic heterocycles. The molecule has 1 saturated heterocycles. The predicted octanol–water partition coefficient (Wildman–Crippen LogP) is 1.11. The van der Waals surface area contributed by atoms with Crippen molar-refractivity contribution in [2.75, 3.05) is 18.0 Å². The zero-order chi connectivity index (χ0) is 17.9. The highest BCUT2D eigenvalue weighted by Crippen LogP contribution is 2.16. The van der Waals surface area contributed by atoms with Gasteiger partial charge in [-0.25, -0.2) is 9.97 Å². The smallest absolute Gasteiger partial charge is 0.280 e. The van der Waals surface area contributed by atoms with Crippen LogP contribution >= 0.6 is 0 Å². The largest absolute Gasteiger partial charge is 0.353 e. The number of piperidine rings is 1. The molecule has 4 rings (SSSR count). The van der Waals surface area contributed by atoms with Crippen molar-refractivity contribution in [3.05, 3.63) is 58.9 Å². The molecule has 8 heteroatoms. The van der Waals surface area contributed by atoms with Gasteiger partial charge in [-0.3, -0.25) is 14.6 Å². The van der Waals surface area contributed by atoms with Gasteiger partial charge in [0.2, 0.25) is 0 Å². The molecule has 1 aliphatic heterocycles. The Balaban J connectivity index is 1.51. The van der Waals surface area contributed by atoms with Crippen LogP contribution in [0, 0.1) is 0 Å². The van der Waals surface area contributed by atoms with Crippen LogP contribution in [0.4, 0.5) is 5.82 Å². The lowest BCUT2D eigenvalue weighted by atomic mass is 10.1. The predicted molar refractivity (Wildman–Crippen MR) is 97.1 cm³/mol. The van der Waals surface area contributed by atoms with Crippen LogP contribution in [0.1, 0.15) is 23.3 Å². The molecular formula is C18H18N6O2. The first-order valence-corrected chi connectivity index (χ1v) is 8.51. The van der Waals surface area contributed by atoms with Crippen molar-refractivity contribution in [2.24, 2.45) is 0 Å². The van der Waals surface area contributed by atoms with Crippen molar-refractivity contribution in [2.45, 2.75) is 18.9 Å². The summed E-state index contributed by atoms with van der Waals surface area (Å²) in [6.07, 6.45) is 6.75. The zero-order valence-electron chi connectivity index (χ0n) is 14.1. The Kier molecular flexibility index (Phi) is 4.30. The van der Waals surface area contributed by atoms with Gasteiger partial charge in [0, 0.05) is 31.5 Å². The number of anilines is 1. The molecule has 1 atom stereocenters. The average molecular weight is 350 g/mol. The minimum Gasteiger partial charge on any atom is -0.353 e. The summed E-state index contributed by atoms with van der Waals surface area (Å²) >= 11 is 0. The molecule has 1 amide bonds. The van der Waals surface area contributed by atoms with Crippen LogP contribution in [-0.2, 0) is 0 Å². The number of fused-ring (bicyclic) bond motifs is 1. The number of H-pyrrole nitrogens is 1. The number of carbonyl (C=O) groups is 1. The summed E-state index contributed by atoms with van der Waals surface area (Å²) in [6.45, 7) is 1.48. The first kappa shape index (κ1) is 16.2. The lowest BCUT2D eigenvalue weighted by Gasteiger charge is -2.33. The number of nitrogens with one attached hydrogen (secondary N) is 2. The van der Waals surface area contributed by atoms with Crippen LogP contribution in [0.2, 0.25) is 0 Å². The molecule has 0 bridgehead atoms. The lowest BCUT2D eigenvalue weighted by Crippen LogP contribution is -2.49. The van der Waals surface area contributed by atoms with E-state index < -0.39 is 11.5 Å². The van der Waals surface area contributed by atoms with E-state index in [1.165, 1.54) is 0 Å². The molecule has 26 heavy (non-hydrogen) atoms. The highest BCUT2D eigenvalue weighted by atomic mass is 16.2.